The Morgan fingerprint density at radius 3 is 2.65 bits per heavy atom. The fourth-order valence-corrected chi connectivity index (χ4v) is 5.51. The molecule has 3 atom stereocenters. The van der Waals surface area contributed by atoms with Crippen molar-refractivity contribution in [3.8, 4) is 0 Å². The van der Waals surface area contributed by atoms with Crippen molar-refractivity contribution < 1.29 is 9.59 Å². The molecule has 0 aliphatic heterocycles. The molecule has 2 N–H and O–H groups in total. The SMILES string of the molecule is CC(=O)N(C)[C@@H]1CC[C@@H](NC(=O)Nc2ccc3c(cnn3C)c2)[C@H](CN(C)CCCc2ccccc2)C1. The monoisotopic (exact) mass is 504 g/mol. The number of aromatic nitrogens is 2. The maximum Gasteiger partial charge on any atom is 0.319 e. The molecule has 0 saturated heterocycles. The second-order valence-electron chi connectivity index (χ2n) is 10.5. The van der Waals surface area contributed by atoms with Crippen LogP contribution in [0.25, 0.3) is 10.9 Å². The third kappa shape index (κ3) is 7.10. The van der Waals surface area contributed by atoms with Gasteiger partial charge in [0.05, 0.1) is 11.7 Å². The molecule has 3 amide bonds. The smallest absolute Gasteiger partial charge is 0.319 e. The molecular formula is C29H40N6O2. The summed E-state index contributed by atoms with van der Waals surface area (Å²) in [5.41, 5.74) is 3.13. The summed E-state index contributed by atoms with van der Waals surface area (Å²) in [4.78, 5) is 29.3. The molecular weight excluding hydrogens is 464 g/mol. The fourth-order valence-electron chi connectivity index (χ4n) is 5.51. The van der Waals surface area contributed by atoms with Crippen molar-refractivity contribution in [1.82, 2.24) is 24.9 Å². The van der Waals surface area contributed by atoms with E-state index in [9.17, 15) is 9.59 Å². The number of hydrogen-bond donors (Lipinski definition) is 2. The highest BCUT2D eigenvalue weighted by molar-refractivity contribution is 5.92. The third-order valence-electron chi connectivity index (χ3n) is 7.71. The lowest BCUT2D eigenvalue weighted by Gasteiger charge is -2.41. The van der Waals surface area contributed by atoms with E-state index in [4.69, 9.17) is 0 Å². The average molecular weight is 505 g/mol. The number of carbonyl (C=O) groups excluding carboxylic acids is 2. The predicted octanol–water partition coefficient (Wildman–Crippen LogP) is 4.28. The molecule has 2 aromatic carbocycles. The molecule has 8 heteroatoms. The molecule has 1 fully saturated rings. The molecule has 8 nitrogen and oxygen atoms in total. The molecule has 1 aromatic heterocycles. The highest BCUT2D eigenvalue weighted by Crippen LogP contribution is 2.29. The Bertz CT molecular complexity index is 1190. The maximum absolute atomic E-state index is 13.0. The largest absolute Gasteiger partial charge is 0.343 e. The third-order valence-corrected chi connectivity index (χ3v) is 7.71. The van der Waals surface area contributed by atoms with E-state index in [1.165, 1.54) is 5.56 Å². The Balaban J connectivity index is 1.36. The van der Waals surface area contributed by atoms with Crippen molar-refractivity contribution >= 4 is 28.5 Å². The highest BCUT2D eigenvalue weighted by atomic mass is 16.2. The van der Waals surface area contributed by atoms with Crippen LogP contribution < -0.4 is 10.6 Å². The van der Waals surface area contributed by atoms with Gasteiger partial charge in [-0.3, -0.25) is 9.48 Å². The van der Waals surface area contributed by atoms with E-state index >= 15 is 0 Å². The summed E-state index contributed by atoms with van der Waals surface area (Å²) in [5.74, 6) is 0.351. The van der Waals surface area contributed by atoms with Crippen LogP contribution in [0.15, 0.2) is 54.7 Å². The lowest BCUT2D eigenvalue weighted by atomic mass is 9.80. The minimum Gasteiger partial charge on any atom is -0.343 e. The van der Waals surface area contributed by atoms with Gasteiger partial charge in [-0.1, -0.05) is 30.3 Å². The predicted molar refractivity (Wildman–Crippen MR) is 148 cm³/mol. The van der Waals surface area contributed by atoms with E-state index in [0.29, 0.717) is 0 Å². The van der Waals surface area contributed by atoms with Gasteiger partial charge in [0.25, 0.3) is 0 Å². The Kier molecular flexibility index (Phi) is 8.82. The minimum atomic E-state index is -0.191. The molecule has 0 spiro atoms. The van der Waals surface area contributed by atoms with E-state index in [1.807, 2.05) is 47.9 Å². The molecule has 3 aromatic rings. The summed E-state index contributed by atoms with van der Waals surface area (Å²) in [6, 6.07) is 16.4. The van der Waals surface area contributed by atoms with Gasteiger partial charge in [0.2, 0.25) is 5.91 Å². The molecule has 37 heavy (non-hydrogen) atoms. The number of anilines is 1. The zero-order valence-electron chi connectivity index (χ0n) is 22.5. The number of hydrogen-bond acceptors (Lipinski definition) is 4. The van der Waals surface area contributed by atoms with Crippen LogP contribution >= 0.6 is 0 Å². The highest BCUT2D eigenvalue weighted by Gasteiger charge is 2.34. The van der Waals surface area contributed by atoms with Gasteiger partial charge in [-0.2, -0.15) is 5.10 Å². The molecule has 1 aliphatic carbocycles. The summed E-state index contributed by atoms with van der Waals surface area (Å²) < 4.78 is 1.82. The summed E-state index contributed by atoms with van der Waals surface area (Å²) in [6.45, 7) is 3.49. The van der Waals surface area contributed by atoms with Gasteiger partial charge in [-0.05, 0) is 75.4 Å². The van der Waals surface area contributed by atoms with Crippen LogP contribution in [-0.2, 0) is 18.3 Å². The summed E-state index contributed by atoms with van der Waals surface area (Å²) in [5, 5.41) is 11.5. The molecule has 4 rings (SSSR count). The zero-order chi connectivity index (χ0) is 26.4. The Hall–Kier alpha value is -3.39. The summed E-state index contributed by atoms with van der Waals surface area (Å²) in [6.07, 6.45) is 6.55. The zero-order valence-corrected chi connectivity index (χ0v) is 22.5. The molecule has 0 unspecified atom stereocenters. The topological polar surface area (TPSA) is 82.5 Å². The van der Waals surface area contributed by atoms with Gasteiger partial charge in [0, 0.05) is 50.7 Å². The number of aryl methyl sites for hydroxylation is 2. The second kappa shape index (κ2) is 12.2. The van der Waals surface area contributed by atoms with E-state index in [-0.39, 0.29) is 29.9 Å². The first-order chi connectivity index (χ1) is 17.8. The minimum absolute atomic E-state index is 0.0512. The van der Waals surface area contributed by atoms with E-state index in [0.717, 1.165) is 61.8 Å². The van der Waals surface area contributed by atoms with Gasteiger partial charge < -0.3 is 20.4 Å². The van der Waals surface area contributed by atoms with Crippen LogP contribution in [0.1, 0.15) is 38.2 Å². The molecule has 1 aliphatic rings. The normalized spacial score (nSPS) is 19.6. The van der Waals surface area contributed by atoms with Crippen molar-refractivity contribution in [3.05, 3.63) is 60.3 Å². The van der Waals surface area contributed by atoms with Crippen LogP contribution in [0.4, 0.5) is 10.5 Å². The lowest BCUT2D eigenvalue weighted by Crippen LogP contribution is -2.52. The number of rotatable bonds is 9. The first-order valence-electron chi connectivity index (χ1n) is 13.3. The lowest BCUT2D eigenvalue weighted by molar-refractivity contribution is -0.130. The number of carbonyl (C=O) groups is 2. The number of nitrogens with zero attached hydrogens (tertiary/aromatic N) is 4. The van der Waals surface area contributed by atoms with E-state index in [2.05, 4.69) is 51.9 Å². The first-order valence-corrected chi connectivity index (χ1v) is 13.3. The average Bonchev–Trinajstić information content (AvgIpc) is 3.25. The fraction of sp³-hybridized carbons (Fsp3) is 0.483. The second-order valence-corrected chi connectivity index (χ2v) is 10.5. The number of amides is 3. The van der Waals surface area contributed by atoms with Crippen LogP contribution in [0, 0.1) is 5.92 Å². The Morgan fingerprint density at radius 2 is 1.89 bits per heavy atom. The van der Waals surface area contributed by atoms with Gasteiger partial charge in [0.1, 0.15) is 0 Å². The van der Waals surface area contributed by atoms with Crippen LogP contribution in [0.3, 0.4) is 0 Å². The van der Waals surface area contributed by atoms with Crippen LogP contribution in [0.2, 0.25) is 0 Å². The van der Waals surface area contributed by atoms with E-state index in [1.54, 1.807) is 13.1 Å². The quantitative estimate of drug-likeness (QED) is 0.456. The van der Waals surface area contributed by atoms with Crippen molar-refractivity contribution in [2.24, 2.45) is 13.0 Å². The maximum atomic E-state index is 13.0. The molecule has 1 heterocycles. The first kappa shape index (κ1) is 26.7. The Morgan fingerprint density at radius 1 is 1.11 bits per heavy atom. The van der Waals surface area contributed by atoms with Gasteiger partial charge >= 0.3 is 6.03 Å². The van der Waals surface area contributed by atoms with Gasteiger partial charge in [-0.15, -0.1) is 0 Å². The van der Waals surface area contributed by atoms with E-state index < -0.39 is 0 Å². The summed E-state index contributed by atoms with van der Waals surface area (Å²) >= 11 is 0. The number of fused-ring (bicyclic) bond motifs is 1. The van der Waals surface area contributed by atoms with Crippen molar-refractivity contribution in [2.75, 3.05) is 32.5 Å². The number of nitrogens with one attached hydrogen (secondary N) is 2. The van der Waals surface area contributed by atoms with Crippen LogP contribution in [0.5, 0.6) is 0 Å². The molecule has 0 radical (unpaired) electrons. The number of urea groups is 1. The number of benzene rings is 2. The molecule has 0 bridgehead atoms. The van der Waals surface area contributed by atoms with Crippen molar-refractivity contribution in [1.29, 1.82) is 0 Å². The Labute approximate surface area is 220 Å². The van der Waals surface area contributed by atoms with Crippen molar-refractivity contribution in [3.63, 3.8) is 0 Å². The van der Waals surface area contributed by atoms with Gasteiger partial charge in [0.15, 0.2) is 0 Å². The molecule has 198 valence electrons. The summed E-state index contributed by atoms with van der Waals surface area (Å²) in [7, 11) is 5.95. The standard InChI is InChI=1S/C29H40N6O2/c1-21(36)34(3)26-13-14-27(24(18-26)20-33(2)16-8-11-22-9-6-5-7-10-22)32-29(37)31-25-12-15-28-23(17-25)19-30-35(28)4/h5-7,9-10,12,15,17,19,24,26-27H,8,11,13-14,16,18,20H2,1-4H3,(H2,31,32,37)/t24-,26+,27+/m0/s1. The molecule has 1 saturated carbocycles. The van der Waals surface area contributed by atoms with Crippen LogP contribution in [-0.4, -0.2) is 70.8 Å². The van der Waals surface area contributed by atoms with Gasteiger partial charge in [-0.25, -0.2) is 4.79 Å². The van der Waals surface area contributed by atoms with Crippen molar-refractivity contribution in [2.45, 2.75) is 51.1 Å².